The number of rotatable bonds is 3. The van der Waals surface area contributed by atoms with Gasteiger partial charge in [0.25, 0.3) is 0 Å². The van der Waals surface area contributed by atoms with Crippen LogP contribution in [0.25, 0.3) is 0 Å². The van der Waals surface area contributed by atoms with Gasteiger partial charge < -0.3 is 5.32 Å². The quantitative estimate of drug-likeness (QED) is 0.634. The summed E-state index contributed by atoms with van der Waals surface area (Å²) in [6.07, 6.45) is 2.71. The lowest BCUT2D eigenvalue weighted by atomic mass is 10.1. The van der Waals surface area contributed by atoms with Gasteiger partial charge in [0.15, 0.2) is 0 Å². The van der Waals surface area contributed by atoms with Gasteiger partial charge in [0, 0.05) is 6.04 Å². The van der Waals surface area contributed by atoms with Crippen LogP contribution in [0.3, 0.4) is 0 Å². The Balaban J connectivity index is 2.37. The van der Waals surface area contributed by atoms with E-state index in [1.54, 1.807) is 0 Å². The van der Waals surface area contributed by atoms with Crippen LogP contribution < -0.4 is 5.32 Å². The topological polar surface area (TPSA) is 12.0 Å². The molecule has 0 aromatic carbocycles. The molecule has 0 aromatic heterocycles. The Morgan fingerprint density at radius 3 is 2.30 bits per heavy atom. The van der Waals surface area contributed by atoms with E-state index in [2.05, 4.69) is 33.1 Å². The lowest BCUT2D eigenvalue weighted by Crippen LogP contribution is -2.14. The molecule has 0 bridgehead atoms. The van der Waals surface area contributed by atoms with Crippen LogP contribution in [0.15, 0.2) is 0 Å². The summed E-state index contributed by atoms with van der Waals surface area (Å²) in [5.41, 5.74) is 0.574. The van der Waals surface area contributed by atoms with Gasteiger partial charge in [0.1, 0.15) is 0 Å². The van der Waals surface area contributed by atoms with Crippen molar-refractivity contribution in [1.29, 1.82) is 0 Å². The fourth-order valence-electron chi connectivity index (χ4n) is 2.17. The van der Waals surface area contributed by atoms with Crippen LogP contribution in [-0.4, -0.2) is 13.1 Å². The summed E-state index contributed by atoms with van der Waals surface area (Å²) in [7, 11) is 2.07. The summed E-state index contributed by atoms with van der Waals surface area (Å²) in [6.45, 7) is 6.98. The molecule has 1 N–H and O–H groups in total. The standard InChI is InChI=1S/C9H19N/c1-5-6-7-8(10-4)9(7,2)3/h7-8,10H,5-6H2,1-4H3. The highest BCUT2D eigenvalue weighted by atomic mass is 15.0. The summed E-state index contributed by atoms with van der Waals surface area (Å²) in [5.74, 6) is 0.933. The number of hydrogen-bond acceptors (Lipinski definition) is 1. The molecule has 2 atom stereocenters. The smallest absolute Gasteiger partial charge is 0.0152 e. The fraction of sp³-hybridized carbons (Fsp3) is 1.00. The van der Waals surface area contributed by atoms with Crippen LogP contribution in [0.4, 0.5) is 0 Å². The summed E-state index contributed by atoms with van der Waals surface area (Å²) >= 11 is 0. The van der Waals surface area contributed by atoms with Gasteiger partial charge in [-0.15, -0.1) is 0 Å². The first kappa shape index (κ1) is 8.06. The van der Waals surface area contributed by atoms with Crippen LogP contribution in [0.1, 0.15) is 33.6 Å². The predicted molar refractivity (Wildman–Crippen MR) is 45.0 cm³/mol. The Morgan fingerprint density at radius 1 is 1.40 bits per heavy atom. The molecular formula is C9H19N. The SMILES string of the molecule is CCCC1C(NC)C1(C)C. The van der Waals surface area contributed by atoms with E-state index in [9.17, 15) is 0 Å². The Labute approximate surface area is 64.2 Å². The van der Waals surface area contributed by atoms with Crippen LogP contribution in [-0.2, 0) is 0 Å². The van der Waals surface area contributed by atoms with E-state index in [-0.39, 0.29) is 0 Å². The summed E-state index contributed by atoms with van der Waals surface area (Å²) in [5, 5.41) is 3.36. The van der Waals surface area contributed by atoms with Crippen LogP contribution in [0.2, 0.25) is 0 Å². The molecule has 0 amide bonds. The largest absolute Gasteiger partial charge is 0.316 e. The molecule has 1 fully saturated rings. The zero-order chi connectivity index (χ0) is 7.78. The van der Waals surface area contributed by atoms with Crippen LogP contribution in [0.5, 0.6) is 0 Å². The minimum absolute atomic E-state index is 0.574. The highest BCUT2D eigenvalue weighted by Crippen LogP contribution is 2.53. The van der Waals surface area contributed by atoms with Gasteiger partial charge in [0.2, 0.25) is 0 Å². The zero-order valence-electron chi connectivity index (χ0n) is 7.57. The van der Waals surface area contributed by atoms with Crippen molar-refractivity contribution in [3.05, 3.63) is 0 Å². The zero-order valence-corrected chi connectivity index (χ0v) is 7.57. The second-order valence-corrected chi connectivity index (χ2v) is 3.98. The van der Waals surface area contributed by atoms with Crippen LogP contribution >= 0.6 is 0 Å². The number of hydrogen-bond donors (Lipinski definition) is 1. The molecule has 1 aliphatic carbocycles. The molecule has 0 aliphatic heterocycles. The first-order valence-electron chi connectivity index (χ1n) is 4.31. The molecular weight excluding hydrogens is 122 g/mol. The third-order valence-corrected chi connectivity index (χ3v) is 2.96. The van der Waals surface area contributed by atoms with Crippen molar-refractivity contribution in [2.45, 2.75) is 39.7 Å². The lowest BCUT2D eigenvalue weighted by molar-refractivity contribution is 0.521. The number of nitrogens with one attached hydrogen (secondary N) is 1. The van der Waals surface area contributed by atoms with E-state index in [4.69, 9.17) is 0 Å². The van der Waals surface area contributed by atoms with E-state index in [1.807, 2.05) is 0 Å². The highest BCUT2D eigenvalue weighted by Gasteiger charge is 2.55. The van der Waals surface area contributed by atoms with E-state index in [0.29, 0.717) is 5.41 Å². The molecule has 1 aliphatic rings. The van der Waals surface area contributed by atoms with Gasteiger partial charge in [0.05, 0.1) is 0 Å². The molecule has 10 heavy (non-hydrogen) atoms. The maximum Gasteiger partial charge on any atom is 0.0152 e. The third-order valence-electron chi connectivity index (χ3n) is 2.96. The minimum Gasteiger partial charge on any atom is -0.316 e. The predicted octanol–water partition coefficient (Wildman–Crippen LogP) is 2.03. The summed E-state index contributed by atoms with van der Waals surface area (Å²) in [4.78, 5) is 0. The third kappa shape index (κ3) is 1.07. The Bertz CT molecular complexity index is 118. The summed E-state index contributed by atoms with van der Waals surface area (Å²) in [6, 6.07) is 0.785. The Kier molecular flexibility index (Phi) is 2.04. The fourth-order valence-corrected chi connectivity index (χ4v) is 2.17. The van der Waals surface area contributed by atoms with E-state index in [1.165, 1.54) is 12.8 Å². The van der Waals surface area contributed by atoms with Crippen molar-refractivity contribution in [1.82, 2.24) is 5.32 Å². The average Bonchev–Trinajstić information content (AvgIpc) is 2.36. The van der Waals surface area contributed by atoms with Gasteiger partial charge in [-0.3, -0.25) is 0 Å². The van der Waals surface area contributed by atoms with Gasteiger partial charge in [-0.1, -0.05) is 27.2 Å². The van der Waals surface area contributed by atoms with Crippen molar-refractivity contribution in [2.24, 2.45) is 11.3 Å². The molecule has 60 valence electrons. The van der Waals surface area contributed by atoms with Gasteiger partial charge in [-0.05, 0) is 24.8 Å². The van der Waals surface area contributed by atoms with Gasteiger partial charge in [-0.25, -0.2) is 0 Å². The average molecular weight is 141 g/mol. The molecule has 1 saturated carbocycles. The van der Waals surface area contributed by atoms with E-state index >= 15 is 0 Å². The van der Waals surface area contributed by atoms with Crippen molar-refractivity contribution < 1.29 is 0 Å². The molecule has 0 heterocycles. The molecule has 2 unspecified atom stereocenters. The molecule has 0 saturated heterocycles. The first-order chi connectivity index (χ1) is 4.64. The normalized spacial score (nSPS) is 36.0. The van der Waals surface area contributed by atoms with Crippen molar-refractivity contribution in [3.63, 3.8) is 0 Å². The molecule has 1 heteroatoms. The van der Waals surface area contributed by atoms with Gasteiger partial charge >= 0.3 is 0 Å². The molecule has 0 radical (unpaired) electrons. The Hall–Kier alpha value is -0.0400. The lowest BCUT2D eigenvalue weighted by Gasteiger charge is -1.98. The first-order valence-corrected chi connectivity index (χ1v) is 4.31. The van der Waals surface area contributed by atoms with Gasteiger partial charge in [-0.2, -0.15) is 0 Å². The van der Waals surface area contributed by atoms with Crippen molar-refractivity contribution in [2.75, 3.05) is 7.05 Å². The molecule has 1 rings (SSSR count). The summed E-state index contributed by atoms with van der Waals surface area (Å²) < 4.78 is 0. The highest BCUT2D eigenvalue weighted by molar-refractivity contribution is 5.09. The van der Waals surface area contributed by atoms with E-state index < -0.39 is 0 Å². The van der Waals surface area contributed by atoms with Crippen LogP contribution in [0, 0.1) is 11.3 Å². The Morgan fingerprint density at radius 2 is 2.00 bits per heavy atom. The monoisotopic (exact) mass is 141 g/mol. The molecule has 0 spiro atoms. The maximum atomic E-state index is 3.36. The molecule has 0 aromatic rings. The van der Waals surface area contributed by atoms with E-state index in [0.717, 1.165) is 12.0 Å². The minimum atomic E-state index is 0.574. The second-order valence-electron chi connectivity index (χ2n) is 3.98. The van der Waals surface area contributed by atoms with Crippen molar-refractivity contribution in [3.8, 4) is 0 Å². The van der Waals surface area contributed by atoms with Crippen molar-refractivity contribution >= 4 is 0 Å². The second kappa shape index (κ2) is 2.54. The maximum absolute atomic E-state index is 3.36. The molecule has 1 nitrogen and oxygen atoms in total.